The SMILES string of the molecule is CCC(C=O)N(CCc1c[nH]c2ccc(OC)cc12)C(=O)CC1C(=O)N(CCOC)CC(=O)N1CCc1cccs1. The third-order valence-corrected chi connectivity index (χ3v) is 8.56. The standard InChI is InChI=1S/C30H38N4O6S/c1-4-22(20-35)33(11-9-21-18-31-26-8-7-23(40-3)16-25(21)26)28(36)17-27-30(38)32(13-14-39-2)19-29(37)34(27)12-10-24-6-5-15-41-24/h5-8,15-16,18,20,22,27,31H,4,9-14,17,19H2,1-3H3. The van der Waals surface area contributed by atoms with Crippen molar-refractivity contribution in [1.82, 2.24) is 19.7 Å². The van der Waals surface area contributed by atoms with Gasteiger partial charge in [0.1, 0.15) is 18.1 Å². The van der Waals surface area contributed by atoms with Gasteiger partial charge in [0.05, 0.1) is 32.7 Å². The second-order valence-corrected chi connectivity index (χ2v) is 11.1. The maximum atomic E-state index is 13.9. The second kappa shape index (κ2) is 14.3. The van der Waals surface area contributed by atoms with Gasteiger partial charge in [-0.1, -0.05) is 13.0 Å². The van der Waals surface area contributed by atoms with Crippen molar-refractivity contribution in [2.75, 3.05) is 47.0 Å². The summed E-state index contributed by atoms with van der Waals surface area (Å²) in [6.07, 6.45) is 4.03. The van der Waals surface area contributed by atoms with Gasteiger partial charge in [0, 0.05) is 48.7 Å². The molecule has 2 aromatic heterocycles. The molecule has 0 spiro atoms. The number of amides is 3. The number of carbonyl (C=O) groups excluding carboxylic acids is 4. The summed E-state index contributed by atoms with van der Waals surface area (Å²) >= 11 is 1.59. The number of aldehydes is 1. The molecule has 2 unspecified atom stereocenters. The number of H-pyrrole nitrogens is 1. The first-order valence-electron chi connectivity index (χ1n) is 13.9. The number of hydrogen-bond donors (Lipinski definition) is 1. The minimum absolute atomic E-state index is 0.0447. The lowest BCUT2D eigenvalue weighted by atomic mass is 10.0. The molecule has 2 atom stereocenters. The van der Waals surface area contributed by atoms with Crippen molar-refractivity contribution in [2.24, 2.45) is 0 Å². The Kier molecular flexibility index (Phi) is 10.5. The van der Waals surface area contributed by atoms with Crippen molar-refractivity contribution in [3.05, 3.63) is 52.3 Å². The van der Waals surface area contributed by atoms with E-state index in [4.69, 9.17) is 9.47 Å². The average Bonchev–Trinajstić information content (AvgIpc) is 3.65. The second-order valence-electron chi connectivity index (χ2n) is 10.1. The van der Waals surface area contributed by atoms with Gasteiger partial charge in [-0.2, -0.15) is 0 Å². The summed E-state index contributed by atoms with van der Waals surface area (Å²) in [6.45, 7) is 2.99. The summed E-state index contributed by atoms with van der Waals surface area (Å²) in [4.78, 5) is 61.6. The van der Waals surface area contributed by atoms with Crippen molar-refractivity contribution < 1.29 is 28.7 Å². The van der Waals surface area contributed by atoms with Gasteiger partial charge in [0.2, 0.25) is 17.7 Å². The molecule has 3 aromatic rings. The third kappa shape index (κ3) is 7.15. The first kappa shape index (κ1) is 30.3. The zero-order valence-corrected chi connectivity index (χ0v) is 24.7. The highest BCUT2D eigenvalue weighted by Crippen LogP contribution is 2.25. The molecular formula is C30H38N4O6S. The summed E-state index contributed by atoms with van der Waals surface area (Å²) in [7, 11) is 3.15. The number of nitrogens with one attached hydrogen (secondary N) is 1. The Labute approximate surface area is 244 Å². The minimum atomic E-state index is -0.940. The molecule has 1 saturated heterocycles. The first-order valence-corrected chi connectivity index (χ1v) is 14.8. The van der Waals surface area contributed by atoms with Crippen LogP contribution in [-0.2, 0) is 36.8 Å². The fraction of sp³-hybridized carbons (Fsp3) is 0.467. The highest BCUT2D eigenvalue weighted by atomic mass is 32.1. The Morgan fingerprint density at radius 3 is 2.73 bits per heavy atom. The number of aromatic amines is 1. The minimum Gasteiger partial charge on any atom is -0.497 e. The van der Waals surface area contributed by atoms with Crippen molar-refractivity contribution >= 4 is 46.2 Å². The number of piperazine rings is 1. The molecule has 1 fully saturated rings. The van der Waals surface area contributed by atoms with Gasteiger partial charge in [0.15, 0.2) is 0 Å². The molecule has 0 aliphatic carbocycles. The fourth-order valence-electron chi connectivity index (χ4n) is 5.28. The summed E-state index contributed by atoms with van der Waals surface area (Å²) in [5, 5.41) is 2.95. The van der Waals surface area contributed by atoms with Gasteiger partial charge in [-0.15, -0.1) is 11.3 Å². The Morgan fingerprint density at radius 2 is 2.05 bits per heavy atom. The lowest BCUT2D eigenvalue weighted by molar-refractivity contribution is -0.159. The Morgan fingerprint density at radius 1 is 1.22 bits per heavy atom. The zero-order chi connectivity index (χ0) is 29.4. The Hall–Kier alpha value is -3.70. The normalized spacial score (nSPS) is 16.3. The predicted octanol–water partition coefficient (Wildman–Crippen LogP) is 2.91. The van der Waals surface area contributed by atoms with Crippen molar-refractivity contribution in [1.29, 1.82) is 0 Å². The molecular weight excluding hydrogens is 544 g/mol. The number of rotatable bonds is 15. The average molecular weight is 583 g/mol. The highest BCUT2D eigenvalue weighted by molar-refractivity contribution is 7.09. The van der Waals surface area contributed by atoms with Gasteiger partial charge in [0.25, 0.3) is 0 Å². The molecule has 11 heteroatoms. The maximum absolute atomic E-state index is 13.9. The van der Waals surface area contributed by atoms with Crippen LogP contribution in [0.2, 0.25) is 0 Å². The molecule has 0 bridgehead atoms. The lowest BCUT2D eigenvalue weighted by Crippen LogP contribution is -2.62. The van der Waals surface area contributed by atoms with Crippen LogP contribution in [0, 0.1) is 0 Å². The molecule has 41 heavy (non-hydrogen) atoms. The van der Waals surface area contributed by atoms with Crippen LogP contribution in [-0.4, -0.2) is 103 Å². The van der Waals surface area contributed by atoms with E-state index in [9.17, 15) is 19.2 Å². The van der Waals surface area contributed by atoms with Crippen LogP contribution in [0.1, 0.15) is 30.2 Å². The van der Waals surface area contributed by atoms with Crippen LogP contribution in [0.4, 0.5) is 0 Å². The first-order chi connectivity index (χ1) is 19.9. The molecule has 220 valence electrons. The number of methoxy groups -OCH3 is 2. The number of thiophene rings is 1. The van der Waals surface area contributed by atoms with E-state index in [0.717, 1.165) is 33.4 Å². The van der Waals surface area contributed by atoms with Gasteiger partial charge < -0.3 is 34.0 Å². The molecule has 0 saturated carbocycles. The van der Waals surface area contributed by atoms with Gasteiger partial charge >= 0.3 is 0 Å². The molecule has 3 amide bonds. The van der Waals surface area contributed by atoms with E-state index < -0.39 is 12.1 Å². The summed E-state index contributed by atoms with van der Waals surface area (Å²) in [6, 6.07) is 8.11. The number of benzene rings is 1. The number of carbonyl (C=O) groups is 4. The molecule has 1 aromatic carbocycles. The van der Waals surface area contributed by atoms with E-state index in [1.807, 2.05) is 48.8 Å². The predicted molar refractivity (Wildman–Crippen MR) is 157 cm³/mol. The van der Waals surface area contributed by atoms with E-state index in [-0.39, 0.29) is 43.8 Å². The molecule has 3 heterocycles. The molecule has 10 nitrogen and oxygen atoms in total. The van der Waals surface area contributed by atoms with Gasteiger partial charge in [-0.25, -0.2) is 0 Å². The smallest absolute Gasteiger partial charge is 0.246 e. The fourth-order valence-corrected chi connectivity index (χ4v) is 5.98. The molecule has 1 aliphatic rings. The number of hydrogen-bond acceptors (Lipinski definition) is 7. The van der Waals surface area contributed by atoms with Crippen molar-refractivity contribution in [3.8, 4) is 5.75 Å². The molecule has 1 aliphatic heterocycles. The largest absolute Gasteiger partial charge is 0.497 e. The van der Waals surface area contributed by atoms with Crippen molar-refractivity contribution in [3.63, 3.8) is 0 Å². The summed E-state index contributed by atoms with van der Waals surface area (Å²) in [5.41, 5.74) is 1.94. The third-order valence-electron chi connectivity index (χ3n) is 7.62. The van der Waals surface area contributed by atoms with Crippen LogP contribution >= 0.6 is 11.3 Å². The Bertz CT molecular complexity index is 1340. The van der Waals surface area contributed by atoms with Crippen LogP contribution < -0.4 is 4.74 Å². The molecule has 1 N–H and O–H groups in total. The Balaban J connectivity index is 1.55. The molecule has 4 rings (SSSR count). The van der Waals surface area contributed by atoms with Crippen LogP contribution in [0.5, 0.6) is 5.75 Å². The monoisotopic (exact) mass is 582 g/mol. The topological polar surface area (TPSA) is 112 Å². The number of nitrogens with zero attached hydrogens (tertiary/aromatic N) is 3. The van der Waals surface area contributed by atoms with E-state index in [1.54, 1.807) is 23.3 Å². The highest BCUT2D eigenvalue weighted by Gasteiger charge is 2.41. The van der Waals surface area contributed by atoms with E-state index in [0.29, 0.717) is 32.4 Å². The zero-order valence-electron chi connectivity index (χ0n) is 23.8. The van der Waals surface area contributed by atoms with Crippen LogP contribution in [0.3, 0.4) is 0 Å². The summed E-state index contributed by atoms with van der Waals surface area (Å²) < 4.78 is 10.5. The van der Waals surface area contributed by atoms with Gasteiger partial charge in [-0.3, -0.25) is 14.4 Å². The number of aromatic nitrogens is 1. The quantitative estimate of drug-likeness (QED) is 0.276. The maximum Gasteiger partial charge on any atom is 0.246 e. The molecule has 0 radical (unpaired) electrons. The van der Waals surface area contributed by atoms with Crippen LogP contribution in [0.15, 0.2) is 41.9 Å². The summed E-state index contributed by atoms with van der Waals surface area (Å²) in [5.74, 6) is -0.0743. The van der Waals surface area contributed by atoms with Crippen molar-refractivity contribution in [2.45, 2.75) is 44.7 Å². The lowest BCUT2D eigenvalue weighted by Gasteiger charge is -2.41. The number of ether oxygens (including phenoxy) is 2. The number of fused-ring (bicyclic) bond motifs is 1. The van der Waals surface area contributed by atoms with Gasteiger partial charge in [-0.05, 0) is 54.5 Å². The van der Waals surface area contributed by atoms with E-state index in [1.165, 1.54) is 16.9 Å². The van der Waals surface area contributed by atoms with E-state index in [2.05, 4.69) is 4.98 Å². The van der Waals surface area contributed by atoms with Crippen LogP contribution in [0.25, 0.3) is 10.9 Å². The van der Waals surface area contributed by atoms with E-state index >= 15 is 0 Å².